The van der Waals surface area contributed by atoms with Crippen LogP contribution in [0.1, 0.15) is 52.4 Å². The Balaban J connectivity index is 2.08. The Morgan fingerprint density at radius 3 is 2.40 bits per heavy atom. The summed E-state index contributed by atoms with van der Waals surface area (Å²) in [4.78, 5) is 23.2. The Hall–Kier alpha value is -1.10. The summed E-state index contributed by atoms with van der Waals surface area (Å²) < 4.78 is 0. The second-order valence-corrected chi connectivity index (χ2v) is 6.13. The second kappa shape index (κ2) is 8.95. The molecule has 3 N–H and O–H groups in total. The molecule has 0 saturated heterocycles. The molecule has 1 fully saturated rings. The van der Waals surface area contributed by atoms with E-state index in [0.29, 0.717) is 25.3 Å². The van der Waals surface area contributed by atoms with Crippen molar-refractivity contribution in [1.29, 1.82) is 0 Å². The highest BCUT2D eigenvalue weighted by atomic mass is 16.3. The molecule has 5 nitrogen and oxygen atoms in total. The first-order valence-electron chi connectivity index (χ1n) is 7.68. The van der Waals surface area contributed by atoms with Crippen LogP contribution in [0.2, 0.25) is 0 Å². The average Bonchev–Trinajstić information content (AvgIpc) is 2.86. The van der Waals surface area contributed by atoms with Gasteiger partial charge in [0.15, 0.2) is 0 Å². The highest BCUT2D eigenvalue weighted by Crippen LogP contribution is 2.27. The van der Waals surface area contributed by atoms with Crippen molar-refractivity contribution in [3.8, 4) is 0 Å². The van der Waals surface area contributed by atoms with Crippen molar-refractivity contribution >= 4 is 11.8 Å². The van der Waals surface area contributed by atoms with Gasteiger partial charge in [0.05, 0.1) is 12.6 Å². The topological polar surface area (TPSA) is 78.4 Å². The number of carbonyl (C=O) groups excluding carboxylic acids is 2. The third-order valence-electron chi connectivity index (χ3n) is 3.79. The number of aliphatic hydroxyl groups is 1. The molecule has 5 heteroatoms. The summed E-state index contributed by atoms with van der Waals surface area (Å²) in [5, 5.41) is 14.7. The van der Waals surface area contributed by atoms with Gasteiger partial charge in [-0.25, -0.2) is 0 Å². The lowest BCUT2D eigenvalue weighted by Crippen LogP contribution is -2.39. The zero-order valence-electron chi connectivity index (χ0n) is 12.7. The fourth-order valence-electron chi connectivity index (χ4n) is 2.74. The number of nitrogens with one attached hydrogen (secondary N) is 2. The molecule has 2 amide bonds. The third kappa shape index (κ3) is 7.48. The van der Waals surface area contributed by atoms with Crippen molar-refractivity contribution in [3.05, 3.63) is 0 Å². The summed E-state index contributed by atoms with van der Waals surface area (Å²) >= 11 is 0. The summed E-state index contributed by atoms with van der Waals surface area (Å²) in [6.07, 6.45) is 5.57. The molecule has 1 aliphatic rings. The van der Waals surface area contributed by atoms with Gasteiger partial charge in [0, 0.05) is 13.0 Å². The SMILES string of the molecule is CC(O)CC(C)CNC(=O)CNC(=O)CC1CCCC1. The molecular formula is C15H28N2O3. The molecule has 116 valence electrons. The molecule has 0 aromatic heterocycles. The summed E-state index contributed by atoms with van der Waals surface area (Å²) in [5.41, 5.74) is 0. The first-order valence-corrected chi connectivity index (χ1v) is 7.68. The maximum atomic E-state index is 11.7. The minimum absolute atomic E-state index is 0.0240. The van der Waals surface area contributed by atoms with Crippen LogP contribution in [0, 0.1) is 11.8 Å². The fourth-order valence-corrected chi connectivity index (χ4v) is 2.74. The summed E-state index contributed by atoms with van der Waals surface area (Å²) in [5.74, 6) is 0.545. The van der Waals surface area contributed by atoms with Crippen molar-refractivity contribution in [2.75, 3.05) is 13.1 Å². The molecule has 0 heterocycles. The highest BCUT2D eigenvalue weighted by molar-refractivity contribution is 5.84. The van der Waals surface area contributed by atoms with Crippen molar-refractivity contribution in [1.82, 2.24) is 10.6 Å². The molecule has 1 aliphatic carbocycles. The quantitative estimate of drug-likeness (QED) is 0.627. The van der Waals surface area contributed by atoms with Crippen LogP contribution in [0.5, 0.6) is 0 Å². The largest absolute Gasteiger partial charge is 0.393 e. The average molecular weight is 284 g/mol. The molecule has 1 saturated carbocycles. The van der Waals surface area contributed by atoms with Gasteiger partial charge >= 0.3 is 0 Å². The van der Waals surface area contributed by atoms with E-state index in [2.05, 4.69) is 10.6 Å². The summed E-state index contributed by atoms with van der Waals surface area (Å²) in [6.45, 7) is 4.29. The van der Waals surface area contributed by atoms with Crippen molar-refractivity contribution in [2.45, 2.75) is 58.5 Å². The van der Waals surface area contributed by atoms with E-state index in [0.717, 1.165) is 12.8 Å². The zero-order valence-corrected chi connectivity index (χ0v) is 12.7. The van der Waals surface area contributed by atoms with E-state index in [9.17, 15) is 14.7 Å². The lowest BCUT2D eigenvalue weighted by atomic mass is 10.0. The van der Waals surface area contributed by atoms with Crippen LogP contribution in [-0.4, -0.2) is 36.1 Å². The number of amides is 2. The number of hydrogen-bond donors (Lipinski definition) is 3. The lowest BCUT2D eigenvalue weighted by Gasteiger charge is -2.14. The van der Waals surface area contributed by atoms with Gasteiger partial charge in [-0.05, 0) is 38.0 Å². The minimum Gasteiger partial charge on any atom is -0.393 e. The van der Waals surface area contributed by atoms with Crippen LogP contribution < -0.4 is 10.6 Å². The van der Waals surface area contributed by atoms with Gasteiger partial charge in [-0.15, -0.1) is 0 Å². The van der Waals surface area contributed by atoms with Gasteiger partial charge in [0.2, 0.25) is 11.8 Å². The molecule has 0 bridgehead atoms. The Morgan fingerprint density at radius 2 is 1.80 bits per heavy atom. The van der Waals surface area contributed by atoms with Crippen LogP contribution in [0.4, 0.5) is 0 Å². The second-order valence-electron chi connectivity index (χ2n) is 6.13. The van der Waals surface area contributed by atoms with Crippen LogP contribution in [-0.2, 0) is 9.59 Å². The lowest BCUT2D eigenvalue weighted by molar-refractivity contribution is -0.126. The molecule has 0 aromatic carbocycles. The minimum atomic E-state index is -0.354. The maximum absolute atomic E-state index is 11.7. The summed E-state index contributed by atoms with van der Waals surface area (Å²) in [7, 11) is 0. The van der Waals surface area contributed by atoms with Crippen molar-refractivity contribution in [3.63, 3.8) is 0 Å². The van der Waals surface area contributed by atoms with E-state index >= 15 is 0 Å². The van der Waals surface area contributed by atoms with Gasteiger partial charge < -0.3 is 15.7 Å². The Bertz CT molecular complexity index is 312. The highest BCUT2D eigenvalue weighted by Gasteiger charge is 2.18. The van der Waals surface area contributed by atoms with Crippen LogP contribution in [0.3, 0.4) is 0 Å². The normalized spacial score (nSPS) is 18.6. The van der Waals surface area contributed by atoms with E-state index in [-0.39, 0.29) is 30.4 Å². The standard InChI is InChI=1S/C15H28N2O3/c1-11(7-12(2)18)9-16-15(20)10-17-14(19)8-13-5-3-4-6-13/h11-13,18H,3-10H2,1-2H3,(H,16,20)(H,17,19). The number of carbonyl (C=O) groups is 2. The molecular weight excluding hydrogens is 256 g/mol. The van der Waals surface area contributed by atoms with E-state index in [4.69, 9.17) is 0 Å². The number of rotatable bonds is 8. The van der Waals surface area contributed by atoms with Gasteiger partial charge in [-0.3, -0.25) is 9.59 Å². The first-order chi connectivity index (χ1) is 9.47. The van der Waals surface area contributed by atoms with E-state index in [1.54, 1.807) is 6.92 Å². The van der Waals surface area contributed by atoms with E-state index in [1.165, 1.54) is 12.8 Å². The van der Waals surface area contributed by atoms with Crippen LogP contribution in [0.15, 0.2) is 0 Å². The molecule has 0 aliphatic heterocycles. The van der Waals surface area contributed by atoms with Gasteiger partial charge in [-0.2, -0.15) is 0 Å². The Labute approximate surface area is 121 Å². The van der Waals surface area contributed by atoms with Gasteiger partial charge in [0.1, 0.15) is 0 Å². The molecule has 1 rings (SSSR count). The molecule has 0 radical (unpaired) electrons. The van der Waals surface area contributed by atoms with Crippen molar-refractivity contribution < 1.29 is 14.7 Å². The number of hydrogen-bond acceptors (Lipinski definition) is 3. The van der Waals surface area contributed by atoms with Crippen LogP contribution in [0.25, 0.3) is 0 Å². The summed E-state index contributed by atoms with van der Waals surface area (Å²) in [6, 6.07) is 0. The monoisotopic (exact) mass is 284 g/mol. The van der Waals surface area contributed by atoms with Crippen LogP contribution >= 0.6 is 0 Å². The van der Waals surface area contributed by atoms with Crippen molar-refractivity contribution in [2.24, 2.45) is 11.8 Å². The Kier molecular flexibility index (Phi) is 7.59. The molecule has 0 aromatic rings. The fraction of sp³-hybridized carbons (Fsp3) is 0.867. The first kappa shape index (κ1) is 17.0. The molecule has 2 atom stereocenters. The van der Waals surface area contributed by atoms with E-state index in [1.807, 2.05) is 6.92 Å². The Morgan fingerprint density at radius 1 is 1.15 bits per heavy atom. The van der Waals surface area contributed by atoms with Gasteiger partial charge in [0.25, 0.3) is 0 Å². The van der Waals surface area contributed by atoms with Gasteiger partial charge in [-0.1, -0.05) is 19.8 Å². The molecule has 0 spiro atoms. The number of aliphatic hydroxyl groups excluding tert-OH is 1. The molecule has 20 heavy (non-hydrogen) atoms. The third-order valence-corrected chi connectivity index (χ3v) is 3.79. The maximum Gasteiger partial charge on any atom is 0.239 e. The smallest absolute Gasteiger partial charge is 0.239 e. The zero-order chi connectivity index (χ0) is 15.0. The predicted octanol–water partition coefficient (Wildman–Crippen LogP) is 1.21. The van der Waals surface area contributed by atoms with E-state index < -0.39 is 0 Å². The molecule has 2 unspecified atom stereocenters. The predicted molar refractivity (Wildman–Crippen MR) is 78.1 cm³/mol.